The van der Waals surface area contributed by atoms with E-state index < -0.39 is 4.92 Å². The molecule has 1 N–H and O–H groups in total. The van der Waals surface area contributed by atoms with Gasteiger partial charge in [-0.25, -0.2) is 0 Å². The molecule has 5 nitrogen and oxygen atoms in total. The summed E-state index contributed by atoms with van der Waals surface area (Å²) in [4.78, 5) is 14.3. The fourth-order valence-electron chi connectivity index (χ4n) is 1.63. The van der Waals surface area contributed by atoms with Gasteiger partial charge < -0.3 is 5.32 Å². The van der Waals surface area contributed by atoms with Gasteiger partial charge in [0.25, 0.3) is 5.69 Å². The topological polar surface area (TPSA) is 68.1 Å². The van der Waals surface area contributed by atoms with E-state index in [1.807, 2.05) is 24.4 Å². The van der Waals surface area contributed by atoms with Crippen LogP contribution in [-0.4, -0.2) is 16.5 Å². The summed E-state index contributed by atoms with van der Waals surface area (Å²) in [7, 11) is 0. The van der Waals surface area contributed by atoms with Gasteiger partial charge in [0.05, 0.1) is 4.92 Å². The lowest BCUT2D eigenvalue weighted by Gasteiger charge is -2.05. The Kier molecular flexibility index (Phi) is 3.86. The summed E-state index contributed by atoms with van der Waals surface area (Å²) >= 11 is 0. The van der Waals surface area contributed by atoms with Crippen molar-refractivity contribution < 1.29 is 4.92 Å². The normalized spacial score (nSPS) is 10.0. The van der Waals surface area contributed by atoms with Gasteiger partial charge in [0, 0.05) is 36.8 Å². The Labute approximate surface area is 105 Å². The van der Waals surface area contributed by atoms with Crippen LogP contribution in [0.2, 0.25) is 0 Å². The number of nitro groups is 1. The van der Waals surface area contributed by atoms with Gasteiger partial charge >= 0.3 is 0 Å². The Hall–Kier alpha value is -2.43. The molecule has 0 aliphatic carbocycles. The van der Waals surface area contributed by atoms with Crippen molar-refractivity contribution in [1.82, 2.24) is 4.98 Å². The van der Waals surface area contributed by atoms with E-state index in [0.717, 1.165) is 17.7 Å². The maximum absolute atomic E-state index is 10.6. The van der Waals surface area contributed by atoms with Gasteiger partial charge in [-0.05, 0) is 24.1 Å². The Morgan fingerprint density at radius 3 is 2.89 bits per heavy atom. The molecule has 2 aromatic rings. The van der Waals surface area contributed by atoms with Crippen molar-refractivity contribution in [2.24, 2.45) is 0 Å². The average Bonchev–Trinajstić information content (AvgIpc) is 2.40. The van der Waals surface area contributed by atoms with Crippen molar-refractivity contribution in [2.45, 2.75) is 6.42 Å². The smallest absolute Gasteiger partial charge is 0.271 e. The van der Waals surface area contributed by atoms with Crippen molar-refractivity contribution in [3.8, 4) is 0 Å². The summed E-state index contributed by atoms with van der Waals surface area (Å²) < 4.78 is 0. The highest BCUT2D eigenvalue weighted by atomic mass is 16.6. The second kappa shape index (κ2) is 5.77. The summed E-state index contributed by atoms with van der Waals surface area (Å²) in [5.41, 5.74) is 1.99. The van der Waals surface area contributed by atoms with Crippen LogP contribution in [-0.2, 0) is 6.42 Å². The van der Waals surface area contributed by atoms with E-state index in [2.05, 4.69) is 10.3 Å². The highest BCUT2D eigenvalue weighted by molar-refractivity contribution is 5.50. The van der Waals surface area contributed by atoms with Crippen LogP contribution < -0.4 is 5.32 Å². The molecule has 0 bridgehead atoms. The molecule has 92 valence electrons. The number of pyridine rings is 1. The predicted octanol–water partition coefficient (Wildman–Crippen LogP) is 2.64. The number of nitro benzene ring substituents is 1. The first kappa shape index (κ1) is 12.0. The van der Waals surface area contributed by atoms with Crippen molar-refractivity contribution in [1.29, 1.82) is 0 Å². The third-order valence-electron chi connectivity index (χ3n) is 2.52. The maximum Gasteiger partial charge on any atom is 0.271 e. The molecule has 0 fully saturated rings. The van der Waals surface area contributed by atoms with E-state index in [9.17, 15) is 10.1 Å². The summed E-state index contributed by atoms with van der Waals surface area (Å²) in [6.45, 7) is 0.715. The number of aromatic nitrogens is 1. The van der Waals surface area contributed by atoms with Crippen LogP contribution in [0.15, 0.2) is 48.8 Å². The zero-order valence-corrected chi connectivity index (χ0v) is 9.74. The number of anilines is 1. The van der Waals surface area contributed by atoms with Gasteiger partial charge in [-0.3, -0.25) is 15.1 Å². The number of hydrogen-bond donors (Lipinski definition) is 1. The molecule has 18 heavy (non-hydrogen) atoms. The van der Waals surface area contributed by atoms with Crippen LogP contribution >= 0.6 is 0 Å². The van der Waals surface area contributed by atoms with Gasteiger partial charge in [0.2, 0.25) is 0 Å². The van der Waals surface area contributed by atoms with E-state index in [1.54, 1.807) is 12.3 Å². The second-order valence-electron chi connectivity index (χ2n) is 3.85. The van der Waals surface area contributed by atoms with Gasteiger partial charge in [-0.2, -0.15) is 0 Å². The van der Waals surface area contributed by atoms with Crippen LogP contribution in [0.4, 0.5) is 11.4 Å². The average molecular weight is 243 g/mol. The fourth-order valence-corrected chi connectivity index (χ4v) is 1.63. The molecule has 0 radical (unpaired) electrons. The SMILES string of the molecule is O=[N+]([O-])c1cccc(NCCc2cccnc2)c1. The number of benzene rings is 1. The fraction of sp³-hybridized carbons (Fsp3) is 0.154. The van der Waals surface area contributed by atoms with Crippen LogP contribution in [0.3, 0.4) is 0 Å². The first-order valence-corrected chi connectivity index (χ1v) is 5.63. The van der Waals surface area contributed by atoms with Crippen LogP contribution in [0.25, 0.3) is 0 Å². The Balaban J connectivity index is 1.90. The quantitative estimate of drug-likeness (QED) is 0.647. The third-order valence-corrected chi connectivity index (χ3v) is 2.52. The number of hydrogen-bond acceptors (Lipinski definition) is 4. The van der Waals surface area contributed by atoms with E-state index in [4.69, 9.17) is 0 Å². The largest absolute Gasteiger partial charge is 0.385 e. The van der Waals surface area contributed by atoms with Gasteiger partial charge in [0.1, 0.15) is 0 Å². The molecule has 0 unspecified atom stereocenters. The Bertz CT molecular complexity index is 529. The summed E-state index contributed by atoms with van der Waals surface area (Å²) in [6.07, 6.45) is 4.38. The minimum absolute atomic E-state index is 0.0985. The number of nitrogens with one attached hydrogen (secondary N) is 1. The number of nitrogens with zero attached hydrogens (tertiary/aromatic N) is 2. The van der Waals surface area contributed by atoms with E-state index in [-0.39, 0.29) is 5.69 Å². The minimum Gasteiger partial charge on any atom is -0.385 e. The highest BCUT2D eigenvalue weighted by Gasteiger charge is 2.04. The molecule has 1 aromatic carbocycles. The van der Waals surface area contributed by atoms with E-state index >= 15 is 0 Å². The Morgan fingerprint density at radius 1 is 1.28 bits per heavy atom. The minimum atomic E-state index is -0.397. The van der Waals surface area contributed by atoms with E-state index in [1.165, 1.54) is 12.1 Å². The second-order valence-corrected chi connectivity index (χ2v) is 3.85. The lowest BCUT2D eigenvalue weighted by Crippen LogP contribution is -2.05. The summed E-state index contributed by atoms with van der Waals surface area (Å²) in [6, 6.07) is 10.4. The van der Waals surface area contributed by atoms with Crippen molar-refractivity contribution in [3.05, 3.63) is 64.5 Å². The molecule has 2 rings (SSSR count). The molecule has 0 amide bonds. The first-order chi connectivity index (χ1) is 8.75. The van der Waals surface area contributed by atoms with Crippen LogP contribution in [0, 0.1) is 10.1 Å². The lowest BCUT2D eigenvalue weighted by atomic mass is 10.2. The predicted molar refractivity (Wildman–Crippen MR) is 69.5 cm³/mol. The van der Waals surface area contributed by atoms with Crippen LogP contribution in [0.1, 0.15) is 5.56 Å². The number of rotatable bonds is 5. The molecule has 1 aromatic heterocycles. The third kappa shape index (κ3) is 3.28. The first-order valence-electron chi connectivity index (χ1n) is 5.63. The Morgan fingerprint density at radius 2 is 2.17 bits per heavy atom. The highest BCUT2D eigenvalue weighted by Crippen LogP contribution is 2.16. The molecule has 5 heteroatoms. The van der Waals surface area contributed by atoms with E-state index in [0.29, 0.717) is 6.54 Å². The molecule has 0 aliphatic heterocycles. The number of non-ortho nitro benzene ring substituents is 1. The molecular weight excluding hydrogens is 230 g/mol. The maximum atomic E-state index is 10.6. The van der Waals surface area contributed by atoms with Crippen LogP contribution in [0.5, 0.6) is 0 Å². The summed E-state index contributed by atoms with van der Waals surface area (Å²) in [5, 5.41) is 13.8. The molecule has 0 spiro atoms. The lowest BCUT2D eigenvalue weighted by molar-refractivity contribution is -0.384. The van der Waals surface area contributed by atoms with Crippen molar-refractivity contribution in [2.75, 3.05) is 11.9 Å². The van der Waals surface area contributed by atoms with Gasteiger partial charge in [0.15, 0.2) is 0 Å². The molecule has 1 heterocycles. The standard InChI is InChI=1S/C13H13N3O2/c17-16(18)13-5-1-4-12(9-13)15-8-6-11-3-2-7-14-10-11/h1-5,7,9-10,15H,6,8H2. The molecule has 0 aliphatic rings. The van der Waals surface area contributed by atoms with Crippen molar-refractivity contribution in [3.63, 3.8) is 0 Å². The molecular formula is C13H13N3O2. The molecule has 0 saturated carbocycles. The summed E-state index contributed by atoms with van der Waals surface area (Å²) in [5.74, 6) is 0. The zero-order chi connectivity index (χ0) is 12.8. The van der Waals surface area contributed by atoms with Gasteiger partial charge in [-0.1, -0.05) is 12.1 Å². The van der Waals surface area contributed by atoms with Crippen molar-refractivity contribution >= 4 is 11.4 Å². The zero-order valence-electron chi connectivity index (χ0n) is 9.74. The van der Waals surface area contributed by atoms with Gasteiger partial charge in [-0.15, -0.1) is 0 Å². The molecule has 0 saturated heterocycles. The molecule has 0 atom stereocenters. The monoisotopic (exact) mass is 243 g/mol.